The first kappa shape index (κ1) is 20.7. The highest BCUT2D eigenvalue weighted by Crippen LogP contribution is 2.25. The third-order valence-corrected chi connectivity index (χ3v) is 7.73. The normalized spacial score (nSPS) is 12.3. The predicted molar refractivity (Wildman–Crippen MR) is 104 cm³/mol. The fourth-order valence-electron chi connectivity index (χ4n) is 2.47. The molecule has 0 aliphatic carbocycles. The zero-order valence-electron chi connectivity index (χ0n) is 14.7. The molecule has 2 aromatic rings. The van der Waals surface area contributed by atoms with Crippen LogP contribution in [-0.2, 0) is 20.0 Å². The molecule has 1 N–H and O–H groups in total. The van der Waals surface area contributed by atoms with E-state index in [-0.39, 0.29) is 15.5 Å². The predicted octanol–water partition coefficient (Wildman–Crippen LogP) is 3.48. The van der Waals surface area contributed by atoms with Crippen molar-refractivity contribution in [3.05, 3.63) is 53.1 Å². The zero-order valence-corrected chi connectivity index (χ0v) is 17.1. The van der Waals surface area contributed by atoms with Gasteiger partial charge in [-0.15, -0.1) is 0 Å². The second kappa shape index (κ2) is 7.96. The lowest BCUT2D eigenvalue weighted by atomic mass is 10.2. The van der Waals surface area contributed by atoms with Crippen LogP contribution >= 0.6 is 11.6 Å². The van der Waals surface area contributed by atoms with Gasteiger partial charge in [0, 0.05) is 18.1 Å². The number of nitrogens with one attached hydrogen (secondary N) is 1. The lowest BCUT2D eigenvalue weighted by molar-refractivity contribution is 0.445. The Morgan fingerprint density at radius 1 is 0.962 bits per heavy atom. The second-order valence-electron chi connectivity index (χ2n) is 5.63. The van der Waals surface area contributed by atoms with Crippen molar-refractivity contribution in [3.8, 4) is 0 Å². The number of rotatable bonds is 7. The molecule has 0 unspecified atom stereocenters. The first-order valence-corrected chi connectivity index (χ1v) is 11.3. The van der Waals surface area contributed by atoms with E-state index >= 15 is 0 Å². The largest absolute Gasteiger partial charge is 0.280 e. The van der Waals surface area contributed by atoms with Gasteiger partial charge in [0.05, 0.1) is 15.5 Å². The number of anilines is 1. The van der Waals surface area contributed by atoms with Gasteiger partial charge in [-0.25, -0.2) is 16.8 Å². The van der Waals surface area contributed by atoms with Gasteiger partial charge in [-0.1, -0.05) is 31.5 Å². The minimum atomic E-state index is -3.85. The van der Waals surface area contributed by atoms with Gasteiger partial charge < -0.3 is 0 Å². The molecule has 6 nitrogen and oxygen atoms in total. The maximum atomic E-state index is 12.8. The Hall–Kier alpha value is -1.61. The summed E-state index contributed by atoms with van der Waals surface area (Å²) in [7, 11) is -7.55. The van der Waals surface area contributed by atoms with Crippen LogP contribution in [0.15, 0.2) is 52.3 Å². The molecule has 2 aromatic carbocycles. The molecular formula is C17H21ClN2O4S2. The summed E-state index contributed by atoms with van der Waals surface area (Å²) in [5.74, 6) is 0. The van der Waals surface area contributed by atoms with Crippen LogP contribution in [0.25, 0.3) is 0 Å². The highest BCUT2D eigenvalue weighted by Gasteiger charge is 2.24. The summed E-state index contributed by atoms with van der Waals surface area (Å²) in [5.41, 5.74) is 0.725. The number of hydrogen-bond donors (Lipinski definition) is 1. The third-order valence-electron chi connectivity index (χ3n) is 3.89. The van der Waals surface area contributed by atoms with E-state index in [1.54, 1.807) is 26.8 Å². The number of hydrogen-bond acceptors (Lipinski definition) is 4. The van der Waals surface area contributed by atoms with Gasteiger partial charge in [0.15, 0.2) is 0 Å². The minimum absolute atomic E-state index is 0.0376. The van der Waals surface area contributed by atoms with Gasteiger partial charge in [0.2, 0.25) is 10.0 Å². The third kappa shape index (κ3) is 4.37. The van der Waals surface area contributed by atoms with E-state index in [0.29, 0.717) is 23.7 Å². The molecule has 0 heterocycles. The number of nitrogens with zero attached hydrogens (tertiary/aromatic N) is 1. The monoisotopic (exact) mass is 416 g/mol. The fraction of sp³-hybridized carbons (Fsp3) is 0.294. The molecule has 0 spiro atoms. The van der Waals surface area contributed by atoms with Crippen molar-refractivity contribution < 1.29 is 16.8 Å². The van der Waals surface area contributed by atoms with Crippen molar-refractivity contribution in [2.75, 3.05) is 17.8 Å². The van der Waals surface area contributed by atoms with Crippen LogP contribution in [-0.4, -0.2) is 34.2 Å². The number of sulfonamides is 2. The molecule has 2 rings (SSSR count). The van der Waals surface area contributed by atoms with E-state index in [1.807, 2.05) is 0 Å². The number of benzene rings is 2. The van der Waals surface area contributed by atoms with Crippen LogP contribution in [0, 0.1) is 6.92 Å². The fourth-order valence-corrected chi connectivity index (χ4v) is 5.36. The summed E-state index contributed by atoms with van der Waals surface area (Å²) < 4.78 is 54.3. The second-order valence-corrected chi connectivity index (χ2v) is 9.65. The van der Waals surface area contributed by atoms with Crippen molar-refractivity contribution >= 4 is 37.3 Å². The van der Waals surface area contributed by atoms with Crippen molar-refractivity contribution in [1.29, 1.82) is 0 Å². The first-order valence-electron chi connectivity index (χ1n) is 8.01. The highest BCUT2D eigenvalue weighted by atomic mass is 35.5. The van der Waals surface area contributed by atoms with Crippen LogP contribution in [0.4, 0.5) is 5.69 Å². The molecule has 0 aromatic heterocycles. The molecule has 0 aliphatic rings. The SMILES string of the molecule is CCN(CC)S(=O)(=O)c1cc(NS(=O)(=O)c2ccc(Cl)cc2)ccc1C. The number of halogens is 1. The minimum Gasteiger partial charge on any atom is -0.280 e. The van der Waals surface area contributed by atoms with Gasteiger partial charge in [0.1, 0.15) is 0 Å². The van der Waals surface area contributed by atoms with Gasteiger partial charge >= 0.3 is 0 Å². The Kier molecular flexibility index (Phi) is 6.33. The van der Waals surface area contributed by atoms with Crippen molar-refractivity contribution in [2.45, 2.75) is 30.6 Å². The van der Waals surface area contributed by atoms with Gasteiger partial charge in [-0.3, -0.25) is 4.72 Å². The van der Waals surface area contributed by atoms with E-state index in [9.17, 15) is 16.8 Å². The summed E-state index contributed by atoms with van der Waals surface area (Å²) in [6.07, 6.45) is 0. The average Bonchev–Trinajstić information content (AvgIpc) is 2.57. The molecular weight excluding hydrogens is 396 g/mol. The maximum Gasteiger partial charge on any atom is 0.261 e. The van der Waals surface area contributed by atoms with E-state index in [1.165, 1.54) is 40.7 Å². The van der Waals surface area contributed by atoms with Gasteiger partial charge in [-0.05, 0) is 48.9 Å². The molecule has 0 saturated carbocycles. The lowest BCUT2D eigenvalue weighted by Crippen LogP contribution is -2.31. The van der Waals surface area contributed by atoms with Crippen LogP contribution < -0.4 is 4.72 Å². The molecule has 9 heteroatoms. The van der Waals surface area contributed by atoms with E-state index in [4.69, 9.17) is 11.6 Å². The molecule has 0 fully saturated rings. The summed E-state index contributed by atoms with van der Waals surface area (Å²) in [5, 5.41) is 0.423. The highest BCUT2D eigenvalue weighted by molar-refractivity contribution is 7.92. The molecule has 0 aliphatic heterocycles. The van der Waals surface area contributed by atoms with Gasteiger partial charge in [-0.2, -0.15) is 4.31 Å². The summed E-state index contributed by atoms with van der Waals surface area (Å²) in [6.45, 7) is 5.85. The number of aryl methyl sites for hydroxylation is 1. The quantitative estimate of drug-likeness (QED) is 0.748. The molecule has 0 atom stereocenters. The average molecular weight is 417 g/mol. The standard InChI is InChI=1S/C17H21ClN2O4S2/c1-4-20(5-2)26(23,24)17-12-15(9-6-13(17)3)19-25(21,22)16-10-7-14(18)8-11-16/h6-12,19H,4-5H2,1-3H3. The smallest absolute Gasteiger partial charge is 0.261 e. The molecule has 0 amide bonds. The van der Waals surface area contributed by atoms with Crippen LogP contribution in [0.5, 0.6) is 0 Å². The lowest BCUT2D eigenvalue weighted by Gasteiger charge is -2.20. The van der Waals surface area contributed by atoms with Crippen LogP contribution in [0.3, 0.4) is 0 Å². The Morgan fingerprint density at radius 3 is 2.08 bits per heavy atom. The molecule has 0 saturated heterocycles. The molecule has 142 valence electrons. The molecule has 26 heavy (non-hydrogen) atoms. The summed E-state index contributed by atoms with van der Waals surface area (Å²) >= 11 is 5.78. The van der Waals surface area contributed by atoms with E-state index in [2.05, 4.69) is 4.72 Å². The molecule has 0 bridgehead atoms. The summed E-state index contributed by atoms with van der Waals surface area (Å²) in [4.78, 5) is 0.119. The first-order chi connectivity index (χ1) is 12.1. The Morgan fingerprint density at radius 2 is 1.54 bits per heavy atom. The van der Waals surface area contributed by atoms with E-state index < -0.39 is 20.0 Å². The van der Waals surface area contributed by atoms with Crippen LogP contribution in [0.1, 0.15) is 19.4 Å². The molecule has 0 radical (unpaired) electrons. The van der Waals surface area contributed by atoms with Crippen LogP contribution in [0.2, 0.25) is 5.02 Å². The van der Waals surface area contributed by atoms with Crippen molar-refractivity contribution in [1.82, 2.24) is 4.31 Å². The van der Waals surface area contributed by atoms with Gasteiger partial charge in [0.25, 0.3) is 10.0 Å². The Balaban J connectivity index is 2.42. The van der Waals surface area contributed by atoms with E-state index in [0.717, 1.165) is 0 Å². The maximum absolute atomic E-state index is 12.8. The van der Waals surface area contributed by atoms with Crippen molar-refractivity contribution in [2.24, 2.45) is 0 Å². The van der Waals surface area contributed by atoms with Crippen molar-refractivity contribution in [3.63, 3.8) is 0 Å². The zero-order chi connectivity index (χ0) is 19.5. The summed E-state index contributed by atoms with van der Waals surface area (Å²) in [6, 6.07) is 10.2. The Bertz CT molecular complexity index is 984. The topological polar surface area (TPSA) is 83.6 Å². The Labute approximate surface area is 159 Å².